The van der Waals surface area contributed by atoms with Crippen LogP contribution in [-0.2, 0) is 13.0 Å². The molecule has 1 aromatic carbocycles. The lowest BCUT2D eigenvalue weighted by Gasteiger charge is -2.30. The Hall–Kier alpha value is -3.16. The van der Waals surface area contributed by atoms with Gasteiger partial charge in [-0.1, -0.05) is 12.1 Å². The number of halogens is 1. The minimum Gasteiger partial charge on any atom is -0.463 e. The molecule has 5 rings (SSSR count). The summed E-state index contributed by atoms with van der Waals surface area (Å²) < 4.78 is 23.6. The summed E-state index contributed by atoms with van der Waals surface area (Å²) in [4.78, 5) is 24.0. The molecule has 156 valence electrons. The van der Waals surface area contributed by atoms with E-state index in [1.165, 1.54) is 6.33 Å². The predicted molar refractivity (Wildman–Crippen MR) is 109 cm³/mol. The Labute approximate surface area is 173 Å². The van der Waals surface area contributed by atoms with Gasteiger partial charge in [0, 0.05) is 24.2 Å². The lowest BCUT2D eigenvalue weighted by Crippen LogP contribution is -2.36. The highest BCUT2D eigenvalue weighted by Crippen LogP contribution is 2.40. The molecule has 1 amide bonds. The molecular formula is C22H23FN4O3. The van der Waals surface area contributed by atoms with Crippen molar-refractivity contribution < 1.29 is 18.3 Å². The monoisotopic (exact) mass is 410 g/mol. The average molecular weight is 410 g/mol. The second-order valence-electron chi connectivity index (χ2n) is 8.25. The fourth-order valence-corrected chi connectivity index (χ4v) is 4.09. The van der Waals surface area contributed by atoms with Crippen LogP contribution in [0.15, 0.2) is 28.9 Å². The van der Waals surface area contributed by atoms with Crippen LogP contribution in [0.2, 0.25) is 0 Å². The van der Waals surface area contributed by atoms with Crippen molar-refractivity contribution in [1.29, 1.82) is 0 Å². The number of furan rings is 1. The number of amides is 1. The molecule has 0 saturated heterocycles. The van der Waals surface area contributed by atoms with Gasteiger partial charge >= 0.3 is 0 Å². The first-order valence-electron chi connectivity index (χ1n) is 10.1. The number of ether oxygens (including phenoxy) is 1. The summed E-state index contributed by atoms with van der Waals surface area (Å²) in [5.74, 6) is 1.59. The normalized spacial score (nSPS) is 17.0. The second kappa shape index (κ2) is 6.97. The van der Waals surface area contributed by atoms with Crippen LogP contribution in [-0.4, -0.2) is 39.7 Å². The molecule has 30 heavy (non-hydrogen) atoms. The number of rotatable bonds is 5. The summed E-state index contributed by atoms with van der Waals surface area (Å²) in [6.07, 6.45) is 4.18. The Balaban J connectivity index is 1.50. The number of hydrogen-bond donors (Lipinski definition) is 1. The molecule has 1 aliphatic heterocycles. The number of anilines is 1. The third-order valence-electron chi connectivity index (χ3n) is 6.02. The zero-order valence-corrected chi connectivity index (χ0v) is 17.0. The molecule has 3 heterocycles. The molecule has 2 aliphatic rings. The number of carbonyl (C=O) groups excluding carboxylic acids is 1. The minimum absolute atomic E-state index is 0.00363. The van der Waals surface area contributed by atoms with Crippen molar-refractivity contribution >= 4 is 22.8 Å². The number of nitrogens with zero attached hydrogens (tertiary/aromatic N) is 3. The van der Waals surface area contributed by atoms with Gasteiger partial charge in [0.2, 0.25) is 12.6 Å². The topological polar surface area (TPSA) is 80.5 Å². The Morgan fingerprint density at radius 3 is 2.97 bits per heavy atom. The van der Waals surface area contributed by atoms with Gasteiger partial charge in [-0.25, -0.2) is 14.4 Å². The third-order valence-corrected chi connectivity index (χ3v) is 6.02. The molecule has 0 radical (unpaired) electrons. The van der Waals surface area contributed by atoms with Gasteiger partial charge in [-0.2, -0.15) is 0 Å². The van der Waals surface area contributed by atoms with Crippen molar-refractivity contribution in [3.63, 3.8) is 0 Å². The molecule has 0 unspecified atom stereocenters. The minimum atomic E-state index is -0.867. The van der Waals surface area contributed by atoms with Crippen molar-refractivity contribution in [2.75, 3.05) is 18.7 Å². The maximum absolute atomic E-state index is 13.5. The Morgan fingerprint density at radius 1 is 1.37 bits per heavy atom. The molecule has 1 aliphatic carbocycles. The Kier molecular flexibility index (Phi) is 4.38. The fraction of sp³-hybridized carbons (Fsp3) is 0.409. The van der Waals surface area contributed by atoms with Crippen LogP contribution < -0.4 is 10.1 Å². The summed E-state index contributed by atoms with van der Waals surface area (Å²) in [5, 5.41) is 4.08. The van der Waals surface area contributed by atoms with Gasteiger partial charge in [-0.3, -0.25) is 4.79 Å². The summed E-state index contributed by atoms with van der Waals surface area (Å²) in [5.41, 5.74) is 2.83. The zero-order valence-electron chi connectivity index (χ0n) is 17.0. The summed E-state index contributed by atoms with van der Waals surface area (Å²) in [7, 11) is 0. The first kappa shape index (κ1) is 18.8. The highest BCUT2D eigenvalue weighted by molar-refractivity contribution is 6.10. The first-order valence-corrected chi connectivity index (χ1v) is 10.1. The maximum atomic E-state index is 13.5. The van der Waals surface area contributed by atoms with E-state index in [-0.39, 0.29) is 11.4 Å². The molecule has 8 heteroatoms. The molecule has 3 aromatic rings. The number of nitrogens with one attached hydrogen (secondary N) is 1. The van der Waals surface area contributed by atoms with Gasteiger partial charge in [-0.05, 0) is 44.7 Å². The number of benzene rings is 1. The van der Waals surface area contributed by atoms with E-state index < -0.39 is 6.86 Å². The number of alkyl halides is 1. The molecular weight excluding hydrogens is 387 g/mol. The molecule has 7 nitrogen and oxygen atoms in total. The zero-order chi connectivity index (χ0) is 20.9. The highest BCUT2D eigenvalue weighted by Gasteiger charge is 2.39. The summed E-state index contributed by atoms with van der Waals surface area (Å²) >= 11 is 0. The number of aryl methyl sites for hydroxylation is 1. The predicted octanol–water partition coefficient (Wildman–Crippen LogP) is 4.00. The van der Waals surface area contributed by atoms with Crippen molar-refractivity contribution in [2.45, 2.75) is 45.2 Å². The van der Waals surface area contributed by atoms with Crippen LogP contribution in [0.25, 0.3) is 11.1 Å². The molecule has 2 aromatic heterocycles. The molecule has 1 saturated carbocycles. The van der Waals surface area contributed by atoms with Crippen LogP contribution in [0, 0.1) is 6.92 Å². The quantitative estimate of drug-likeness (QED) is 0.685. The highest BCUT2D eigenvalue weighted by atomic mass is 19.1. The van der Waals surface area contributed by atoms with E-state index in [0.717, 1.165) is 24.0 Å². The molecule has 0 bridgehead atoms. The lowest BCUT2D eigenvalue weighted by molar-refractivity contribution is 0.0732. The maximum Gasteiger partial charge on any atom is 0.258 e. The first-order chi connectivity index (χ1) is 14.5. The van der Waals surface area contributed by atoms with E-state index in [1.807, 2.05) is 12.1 Å². The van der Waals surface area contributed by atoms with E-state index >= 15 is 0 Å². The van der Waals surface area contributed by atoms with Gasteiger partial charge in [0.05, 0.1) is 10.9 Å². The van der Waals surface area contributed by atoms with E-state index in [1.54, 1.807) is 17.9 Å². The Bertz CT molecular complexity index is 1140. The summed E-state index contributed by atoms with van der Waals surface area (Å²) in [6.45, 7) is 3.99. The van der Waals surface area contributed by atoms with Crippen molar-refractivity contribution in [2.24, 2.45) is 0 Å². The van der Waals surface area contributed by atoms with Gasteiger partial charge in [0.15, 0.2) is 0 Å². The third kappa shape index (κ3) is 3.16. The standard InChI is InChI=1S/C22H23FN4O3/c1-13-17(18-19(26-22(2)7-8-22)24-12-25-20(18)30-13)21(28)27-9-6-15-14(10-27)4-3-5-16(15)29-11-23/h3-5,12H,6-11H2,1-2H3,(H,24,25,26). The van der Waals surface area contributed by atoms with E-state index in [9.17, 15) is 9.18 Å². The molecule has 0 spiro atoms. The Morgan fingerprint density at radius 2 is 2.20 bits per heavy atom. The lowest BCUT2D eigenvalue weighted by atomic mass is 9.98. The van der Waals surface area contributed by atoms with Crippen LogP contribution in [0.3, 0.4) is 0 Å². The van der Waals surface area contributed by atoms with Crippen molar-refractivity contribution in [3.05, 3.63) is 47.0 Å². The van der Waals surface area contributed by atoms with Crippen LogP contribution >= 0.6 is 0 Å². The summed E-state index contributed by atoms with van der Waals surface area (Å²) in [6, 6.07) is 5.53. The average Bonchev–Trinajstić information content (AvgIpc) is 3.35. The van der Waals surface area contributed by atoms with Gasteiger partial charge in [0.25, 0.3) is 5.91 Å². The van der Waals surface area contributed by atoms with Gasteiger partial charge < -0.3 is 19.4 Å². The smallest absolute Gasteiger partial charge is 0.258 e. The SMILES string of the molecule is Cc1oc2ncnc(NC3(C)CC3)c2c1C(=O)N1CCc2c(cccc2OCF)C1. The van der Waals surface area contributed by atoms with Gasteiger partial charge in [0.1, 0.15) is 23.7 Å². The molecule has 1 N–H and O–H groups in total. The largest absolute Gasteiger partial charge is 0.463 e. The number of aromatic nitrogens is 2. The van der Waals surface area contributed by atoms with Crippen molar-refractivity contribution in [3.8, 4) is 5.75 Å². The number of fused-ring (bicyclic) bond motifs is 2. The molecule has 0 atom stereocenters. The van der Waals surface area contributed by atoms with E-state index in [0.29, 0.717) is 53.5 Å². The molecule has 1 fully saturated rings. The van der Waals surface area contributed by atoms with Crippen LogP contribution in [0.1, 0.15) is 47.0 Å². The van der Waals surface area contributed by atoms with Crippen molar-refractivity contribution in [1.82, 2.24) is 14.9 Å². The van der Waals surface area contributed by atoms with E-state index in [4.69, 9.17) is 9.15 Å². The number of hydrogen-bond acceptors (Lipinski definition) is 6. The van der Waals surface area contributed by atoms with Crippen LogP contribution in [0.4, 0.5) is 10.2 Å². The fourth-order valence-electron chi connectivity index (χ4n) is 4.09. The second-order valence-corrected chi connectivity index (χ2v) is 8.25. The van der Waals surface area contributed by atoms with Gasteiger partial charge in [-0.15, -0.1) is 0 Å². The van der Waals surface area contributed by atoms with Crippen LogP contribution in [0.5, 0.6) is 5.75 Å². The number of carbonyl (C=O) groups is 1. The van der Waals surface area contributed by atoms with E-state index in [2.05, 4.69) is 22.2 Å².